The number of aliphatic hydroxyl groups excluding tert-OH is 1. The molecule has 0 saturated carbocycles. The van der Waals surface area contributed by atoms with Crippen molar-refractivity contribution in [2.45, 2.75) is 20.0 Å². The van der Waals surface area contributed by atoms with Crippen LogP contribution in [0.4, 0.5) is 0 Å². The maximum absolute atomic E-state index is 9.58. The predicted molar refractivity (Wildman–Crippen MR) is 51.6 cm³/mol. The minimum Gasteiger partial charge on any atom is -0.508 e. The van der Waals surface area contributed by atoms with Crippen molar-refractivity contribution in [3.8, 4) is 5.75 Å². The fraction of sp³-hybridized carbons (Fsp3) is 0.400. The number of aliphatic hydroxyl groups is 1. The summed E-state index contributed by atoms with van der Waals surface area (Å²) < 4.78 is 0. The number of nitrogens with two attached hydrogens (primary N) is 1. The molecule has 1 rings (SSSR count). The summed E-state index contributed by atoms with van der Waals surface area (Å²) in [7, 11) is 0. The van der Waals surface area contributed by atoms with E-state index in [1.54, 1.807) is 12.1 Å². The Bertz CT molecular complexity index is 287. The van der Waals surface area contributed by atoms with E-state index in [0.717, 1.165) is 16.7 Å². The van der Waals surface area contributed by atoms with E-state index in [4.69, 9.17) is 5.73 Å². The Kier molecular flexibility index (Phi) is 2.90. The Morgan fingerprint density at radius 3 is 2.15 bits per heavy atom. The molecule has 1 aromatic rings. The normalized spacial score (nSPS) is 12.9. The Labute approximate surface area is 77.8 Å². The van der Waals surface area contributed by atoms with Crippen molar-refractivity contribution in [3.05, 3.63) is 28.8 Å². The molecule has 0 saturated heterocycles. The van der Waals surface area contributed by atoms with Crippen LogP contribution >= 0.6 is 0 Å². The summed E-state index contributed by atoms with van der Waals surface area (Å²) in [5, 5.41) is 18.8. The van der Waals surface area contributed by atoms with Crippen molar-refractivity contribution in [1.29, 1.82) is 0 Å². The first kappa shape index (κ1) is 10.0. The standard InChI is InChI=1S/C10H15NO2/c1-6-3-8(12)4-7(2)10(6)9(13)5-11/h3-4,9,12-13H,5,11H2,1-2H3. The van der Waals surface area contributed by atoms with Crippen LogP contribution in [0.3, 0.4) is 0 Å². The van der Waals surface area contributed by atoms with E-state index in [1.165, 1.54) is 0 Å². The van der Waals surface area contributed by atoms with Crippen LogP contribution in [0.1, 0.15) is 22.8 Å². The Morgan fingerprint density at radius 2 is 1.77 bits per heavy atom. The second kappa shape index (κ2) is 3.77. The van der Waals surface area contributed by atoms with E-state index < -0.39 is 6.10 Å². The van der Waals surface area contributed by atoms with Gasteiger partial charge in [0.05, 0.1) is 6.10 Å². The number of aromatic hydroxyl groups is 1. The van der Waals surface area contributed by atoms with E-state index in [1.807, 2.05) is 13.8 Å². The van der Waals surface area contributed by atoms with Crippen LogP contribution in [0.25, 0.3) is 0 Å². The molecule has 1 unspecified atom stereocenters. The van der Waals surface area contributed by atoms with Crippen molar-refractivity contribution in [3.63, 3.8) is 0 Å². The molecule has 0 aromatic heterocycles. The first-order chi connectivity index (χ1) is 6.06. The lowest BCUT2D eigenvalue weighted by Gasteiger charge is -2.14. The molecule has 1 atom stereocenters. The van der Waals surface area contributed by atoms with Gasteiger partial charge in [0.25, 0.3) is 0 Å². The van der Waals surface area contributed by atoms with Gasteiger partial charge in [-0.25, -0.2) is 0 Å². The molecule has 0 aliphatic carbocycles. The second-order valence-electron chi connectivity index (χ2n) is 3.24. The van der Waals surface area contributed by atoms with E-state index >= 15 is 0 Å². The summed E-state index contributed by atoms with van der Waals surface area (Å²) in [6.45, 7) is 3.90. The van der Waals surface area contributed by atoms with Crippen LogP contribution in [-0.4, -0.2) is 16.8 Å². The molecule has 0 heterocycles. The average Bonchev–Trinajstić information content (AvgIpc) is 2.02. The highest BCUT2D eigenvalue weighted by atomic mass is 16.3. The van der Waals surface area contributed by atoms with Gasteiger partial charge in [0.2, 0.25) is 0 Å². The molecule has 0 aliphatic heterocycles. The Morgan fingerprint density at radius 1 is 1.31 bits per heavy atom. The molecule has 72 valence electrons. The summed E-state index contributed by atoms with van der Waals surface area (Å²) >= 11 is 0. The summed E-state index contributed by atoms with van der Waals surface area (Å²) in [6, 6.07) is 3.25. The van der Waals surface area contributed by atoms with Gasteiger partial charge in [0.1, 0.15) is 5.75 Å². The van der Waals surface area contributed by atoms with Crippen molar-refractivity contribution in [1.82, 2.24) is 0 Å². The zero-order chi connectivity index (χ0) is 10.0. The number of rotatable bonds is 2. The zero-order valence-corrected chi connectivity index (χ0v) is 7.91. The summed E-state index contributed by atoms with van der Waals surface area (Å²) in [5.74, 6) is 0.225. The minimum absolute atomic E-state index is 0.201. The fourth-order valence-electron chi connectivity index (χ4n) is 1.60. The van der Waals surface area contributed by atoms with E-state index in [2.05, 4.69) is 0 Å². The number of hydrogen-bond acceptors (Lipinski definition) is 3. The van der Waals surface area contributed by atoms with Crippen molar-refractivity contribution in [2.24, 2.45) is 5.73 Å². The summed E-state index contributed by atoms with van der Waals surface area (Å²) in [4.78, 5) is 0. The number of hydrogen-bond donors (Lipinski definition) is 3. The van der Waals surface area contributed by atoms with E-state index in [9.17, 15) is 10.2 Å². The van der Waals surface area contributed by atoms with Crippen LogP contribution in [0.2, 0.25) is 0 Å². The van der Waals surface area contributed by atoms with Crippen molar-refractivity contribution < 1.29 is 10.2 Å². The van der Waals surface area contributed by atoms with Gasteiger partial charge in [-0.15, -0.1) is 0 Å². The highest BCUT2D eigenvalue weighted by molar-refractivity contribution is 5.41. The smallest absolute Gasteiger partial charge is 0.116 e. The maximum atomic E-state index is 9.58. The van der Waals surface area contributed by atoms with Gasteiger partial charge < -0.3 is 15.9 Å². The molecular formula is C10H15NO2. The number of aryl methyl sites for hydroxylation is 2. The summed E-state index contributed by atoms with van der Waals surface area (Å²) in [6.07, 6.45) is -0.638. The van der Waals surface area contributed by atoms with Crippen LogP contribution in [0.15, 0.2) is 12.1 Å². The third-order valence-corrected chi connectivity index (χ3v) is 2.13. The van der Waals surface area contributed by atoms with Gasteiger partial charge in [0.15, 0.2) is 0 Å². The van der Waals surface area contributed by atoms with Gasteiger partial charge in [-0.1, -0.05) is 0 Å². The third kappa shape index (κ3) is 1.99. The molecule has 3 nitrogen and oxygen atoms in total. The number of phenols is 1. The van der Waals surface area contributed by atoms with Crippen LogP contribution in [-0.2, 0) is 0 Å². The van der Waals surface area contributed by atoms with Crippen LogP contribution in [0, 0.1) is 13.8 Å². The van der Waals surface area contributed by atoms with Crippen LogP contribution < -0.4 is 5.73 Å². The Hall–Kier alpha value is -1.06. The van der Waals surface area contributed by atoms with Gasteiger partial charge in [-0.3, -0.25) is 0 Å². The first-order valence-electron chi connectivity index (χ1n) is 4.24. The first-order valence-corrected chi connectivity index (χ1v) is 4.24. The maximum Gasteiger partial charge on any atom is 0.116 e. The molecule has 0 bridgehead atoms. The molecule has 0 radical (unpaired) electrons. The molecule has 1 aromatic carbocycles. The lowest BCUT2D eigenvalue weighted by molar-refractivity contribution is 0.185. The molecule has 3 heteroatoms. The molecule has 0 fully saturated rings. The molecule has 13 heavy (non-hydrogen) atoms. The van der Waals surface area contributed by atoms with Gasteiger partial charge in [-0.05, 0) is 42.7 Å². The SMILES string of the molecule is Cc1cc(O)cc(C)c1C(O)CN. The van der Waals surface area contributed by atoms with Gasteiger partial charge in [0, 0.05) is 6.54 Å². The van der Waals surface area contributed by atoms with Crippen molar-refractivity contribution >= 4 is 0 Å². The fourth-order valence-corrected chi connectivity index (χ4v) is 1.60. The van der Waals surface area contributed by atoms with Gasteiger partial charge >= 0.3 is 0 Å². The molecule has 4 N–H and O–H groups in total. The molecule has 0 aliphatic rings. The van der Waals surface area contributed by atoms with E-state index in [0.29, 0.717) is 0 Å². The van der Waals surface area contributed by atoms with E-state index in [-0.39, 0.29) is 12.3 Å². The number of phenolic OH excluding ortho intramolecular Hbond substituents is 1. The van der Waals surface area contributed by atoms with Gasteiger partial charge in [-0.2, -0.15) is 0 Å². The third-order valence-electron chi connectivity index (χ3n) is 2.13. The topological polar surface area (TPSA) is 66.5 Å². The number of benzene rings is 1. The zero-order valence-electron chi connectivity index (χ0n) is 7.91. The lowest BCUT2D eigenvalue weighted by Crippen LogP contribution is -2.13. The lowest BCUT2D eigenvalue weighted by atomic mass is 9.97. The monoisotopic (exact) mass is 181 g/mol. The molecule has 0 spiro atoms. The summed E-state index contributed by atoms with van der Waals surface area (Å²) in [5.41, 5.74) is 7.93. The quantitative estimate of drug-likeness (QED) is 0.637. The average molecular weight is 181 g/mol. The molecule has 0 amide bonds. The largest absolute Gasteiger partial charge is 0.508 e. The highest BCUT2D eigenvalue weighted by Crippen LogP contribution is 2.25. The molecular weight excluding hydrogens is 166 g/mol. The van der Waals surface area contributed by atoms with Crippen LogP contribution in [0.5, 0.6) is 5.75 Å². The van der Waals surface area contributed by atoms with Crippen molar-refractivity contribution in [2.75, 3.05) is 6.54 Å². The highest BCUT2D eigenvalue weighted by Gasteiger charge is 2.12. The Balaban J connectivity index is 3.20. The minimum atomic E-state index is -0.638. The second-order valence-corrected chi connectivity index (χ2v) is 3.24. The predicted octanol–water partition coefficient (Wildman–Crippen LogP) is 1.00.